The lowest BCUT2D eigenvalue weighted by molar-refractivity contribution is -0.121. The topological polar surface area (TPSA) is 66.9 Å². The smallest absolute Gasteiger partial charge is 0.242 e. The van der Waals surface area contributed by atoms with Crippen molar-refractivity contribution in [3.05, 3.63) is 16.8 Å². The van der Waals surface area contributed by atoms with Crippen molar-refractivity contribution in [2.75, 3.05) is 11.9 Å². The molecule has 6 heteroatoms. The Balaban J connectivity index is 2.33. The molecule has 0 bridgehead atoms. The summed E-state index contributed by atoms with van der Waals surface area (Å²) in [5.41, 5.74) is 1.17. The number of carbonyl (C=O) groups excluding carboxylic acids is 1. The zero-order valence-corrected chi connectivity index (χ0v) is 12.4. The standard InChI is InChI=1S/C13H18N4OS/c1-5-14-12(18)8(3)17-11-10-7(2)9(4)19-13(10)16-6-15-11/h6,8H,5H2,1-4H3,(H,14,18)(H,15,16,17). The number of aryl methyl sites for hydroxylation is 2. The summed E-state index contributed by atoms with van der Waals surface area (Å²) < 4.78 is 0. The third-order valence-corrected chi connectivity index (χ3v) is 4.18. The number of thiophene rings is 1. The summed E-state index contributed by atoms with van der Waals surface area (Å²) in [4.78, 5) is 22.5. The first-order valence-electron chi connectivity index (χ1n) is 6.29. The van der Waals surface area contributed by atoms with E-state index in [0.29, 0.717) is 6.54 Å². The van der Waals surface area contributed by atoms with E-state index < -0.39 is 0 Å². The number of fused-ring (bicyclic) bond motifs is 1. The van der Waals surface area contributed by atoms with Crippen LogP contribution in [0.25, 0.3) is 10.2 Å². The molecule has 19 heavy (non-hydrogen) atoms. The van der Waals surface area contributed by atoms with Crippen LogP contribution in [0.15, 0.2) is 6.33 Å². The van der Waals surface area contributed by atoms with Crippen molar-refractivity contribution in [1.29, 1.82) is 0 Å². The first kappa shape index (κ1) is 13.7. The second-order valence-corrected chi connectivity index (χ2v) is 5.65. The van der Waals surface area contributed by atoms with Gasteiger partial charge in [-0.15, -0.1) is 11.3 Å². The molecular weight excluding hydrogens is 260 g/mol. The van der Waals surface area contributed by atoms with Crippen LogP contribution in [-0.4, -0.2) is 28.5 Å². The Kier molecular flexibility index (Phi) is 3.99. The fraction of sp³-hybridized carbons (Fsp3) is 0.462. The van der Waals surface area contributed by atoms with Gasteiger partial charge in [0.05, 0.1) is 5.39 Å². The molecule has 2 heterocycles. The van der Waals surface area contributed by atoms with Gasteiger partial charge in [-0.3, -0.25) is 4.79 Å². The summed E-state index contributed by atoms with van der Waals surface area (Å²) in [7, 11) is 0. The molecule has 0 aliphatic heterocycles. The maximum Gasteiger partial charge on any atom is 0.242 e. The number of carbonyl (C=O) groups is 1. The van der Waals surface area contributed by atoms with Crippen molar-refractivity contribution in [2.45, 2.75) is 33.7 Å². The second kappa shape index (κ2) is 5.52. The molecule has 2 aromatic heterocycles. The molecule has 0 aliphatic rings. The molecule has 0 radical (unpaired) electrons. The molecular formula is C13H18N4OS. The first-order valence-corrected chi connectivity index (χ1v) is 7.11. The van der Waals surface area contributed by atoms with Crippen molar-refractivity contribution in [3.8, 4) is 0 Å². The number of amides is 1. The van der Waals surface area contributed by atoms with Gasteiger partial charge in [-0.2, -0.15) is 0 Å². The highest BCUT2D eigenvalue weighted by molar-refractivity contribution is 7.18. The lowest BCUT2D eigenvalue weighted by Gasteiger charge is -2.14. The van der Waals surface area contributed by atoms with Crippen LogP contribution >= 0.6 is 11.3 Å². The predicted octanol–water partition coefficient (Wildman–Crippen LogP) is 2.24. The van der Waals surface area contributed by atoms with E-state index >= 15 is 0 Å². The fourth-order valence-corrected chi connectivity index (χ4v) is 2.89. The van der Waals surface area contributed by atoms with Gasteiger partial charge in [0.2, 0.25) is 5.91 Å². The van der Waals surface area contributed by atoms with Crippen LogP contribution in [0.5, 0.6) is 0 Å². The molecule has 1 amide bonds. The fourth-order valence-electron chi connectivity index (χ4n) is 1.89. The van der Waals surface area contributed by atoms with E-state index in [1.165, 1.54) is 16.8 Å². The van der Waals surface area contributed by atoms with Crippen LogP contribution in [0.2, 0.25) is 0 Å². The van der Waals surface area contributed by atoms with E-state index in [1.54, 1.807) is 11.3 Å². The van der Waals surface area contributed by atoms with Gasteiger partial charge in [-0.25, -0.2) is 9.97 Å². The van der Waals surface area contributed by atoms with E-state index in [1.807, 2.05) is 13.8 Å². The van der Waals surface area contributed by atoms with Gasteiger partial charge in [0, 0.05) is 11.4 Å². The molecule has 0 fully saturated rings. The molecule has 0 aromatic carbocycles. The predicted molar refractivity (Wildman–Crippen MR) is 78.7 cm³/mol. The molecule has 2 N–H and O–H groups in total. The largest absolute Gasteiger partial charge is 0.358 e. The Hall–Kier alpha value is -1.69. The number of aromatic nitrogens is 2. The number of hydrogen-bond acceptors (Lipinski definition) is 5. The van der Waals surface area contributed by atoms with E-state index in [-0.39, 0.29) is 11.9 Å². The first-order chi connectivity index (χ1) is 9.04. The minimum Gasteiger partial charge on any atom is -0.358 e. The Labute approximate surface area is 116 Å². The highest BCUT2D eigenvalue weighted by Gasteiger charge is 2.16. The monoisotopic (exact) mass is 278 g/mol. The zero-order chi connectivity index (χ0) is 14.0. The van der Waals surface area contributed by atoms with Gasteiger partial charge >= 0.3 is 0 Å². The van der Waals surface area contributed by atoms with E-state index in [2.05, 4.69) is 34.4 Å². The second-order valence-electron chi connectivity index (χ2n) is 4.45. The lowest BCUT2D eigenvalue weighted by Crippen LogP contribution is -2.37. The van der Waals surface area contributed by atoms with E-state index in [4.69, 9.17) is 0 Å². The van der Waals surface area contributed by atoms with Crippen LogP contribution in [0, 0.1) is 13.8 Å². The summed E-state index contributed by atoms with van der Waals surface area (Å²) in [5.74, 6) is 0.699. The van der Waals surface area contributed by atoms with E-state index in [0.717, 1.165) is 16.0 Å². The Morgan fingerprint density at radius 2 is 2.16 bits per heavy atom. The molecule has 2 rings (SSSR count). The average Bonchev–Trinajstić information content (AvgIpc) is 2.66. The highest BCUT2D eigenvalue weighted by atomic mass is 32.1. The maximum absolute atomic E-state index is 11.8. The van der Waals surface area contributed by atoms with Crippen molar-refractivity contribution in [1.82, 2.24) is 15.3 Å². The van der Waals surface area contributed by atoms with Crippen molar-refractivity contribution >= 4 is 33.3 Å². The van der Waals surface area contributed by atoms with Crippen molar-refractivity contribution in [3.63, 3.8) is 0 Å². The zero-order valence-electron chi connectivity index (χ0n) is 11.6. The molecule has 0 saturated heterocycles. The minimum absolute atomic E-state index is 0.0288. The van der Waals surface area contributed by atoms with Crippen LogP contribution in [0.4, 0.5) is 5.82 Å². The molecule has 0 aliphatic carbocycles. The van der Waals surface area contributed by atoms with Gasteiger partial charge in [0.15, 0.2) is 0 Å². The number of anilines is 1. The van der Waals surface area contributed by atoms with Crippen molar-refractivity contribution < 1.29 is 4.79 Å². The van der Waals surface area contributed by atoms with Crippen LogP contribution in [0.1, 0.15) is 24.3 Å². The highest BCUT2D eigenvalue weighted by Crippen LogP contribution is 2.32. The molecule has 102 valence electrons. The normalized spacial score (nSPS) is 12.4. The van der Waals surface area contributed by atoms with Gasteiger partial charge < -0.3 is 10.6 Å². The molecule has 1 unspecified atom stereocenters. The van der Waals surface area contributed by atoms with Crippen LogP contribution in [-0.2, 0) is 4.79 Å². The Bertz CT molecular complexity index is 608. The maximum atomic E-state index is 11.8. The minimum atomic E-state index is -0.322. The number of nitrogens with zero attached hydrogens (tertiary/aromatic N) is 2. The SMILES string of the molecule is CCNC(=O)C(C)Nc1ncnc2sc(C)c(C)c12. The summed E-state index contributed by atoms with van der Waals surface area (Å²) in [6.07, 6.45) is 1.53. The third kappa shape index (κ3) is 2.68. The molecule has 0 spiro atoms. The van der Waals surface area contributed by atoms with Crippen LogP contribution in [0.3, 0.4) is 0 Å². The van der Waals surface area contributed by atoms with Gasteiger partial charge in [-0.05, 0) is 33.3 Å². The van der Waals surface area contributed by atoms with Gasteiger partial charge in [0.1, 0.15) is 23.0 Å². The number of likely N-dealkylation sites (N-methyl/N-ethyl adjacent to an activating group) is 1. The van der Waals surface area contributed by atoms with Crippen molar-refractivity contribution in [2.24, 2.45) is 0 Å². The molecule has 2 aromatic rings. The number of nitrogens with one attached hydrogen (secondary N) is 2. The summed E-state index contributed by atoms with van der Waals surface area (Å²) >= 11 is 1.65. The van der Waals surface area contributed by atoms with E-state index in [9.17, 15) is 4.79 Å². The Morgan fingerprint density at radius 3 is 2.84 bits per heavy atom. The van der Waals surface area contributed by atoms with Gasteiger partial charge in [-0.1, -0.05) is 0 Å². The lowest BCUT2D eigenvalue weighted by atomic mass is 10.2. The third-order valence-electron chi connectivity index (χ3n) is 3.06. The average molecular weight is 278 g/mol. The quantitative estimate of drug-likeness (QED) is 0.900. The summed E-state index contributed by atoms with van der Waals surface area (Å²) in [6.45, 7) is 8.48. The molecule has 1 atom stereocenters. The summed E-state index contributed by atoms with van der Waals surface area (Å²) in [5, 5.41) is 6.97. The Morgan fingerprint density at radius 1 is 1.42 bits per heavy atom. The summed E-state index contributed by atoms with van der Waals surface area (Å²) in [6, 6.07) is -0.322. The van der Waals surface area contributed by atoms with Gasteiger partial charge in [0.25, 0.3) is 0 Å². The number of rotatable bonds is 4. The van der Waals surface area contributed by atoms with Crippen LogP contribution < -0.4 is 10.6 Å². The number of hydrogen-bond donors (Lipinski definition) is 2. The molecule has 0 saturated carbocycles. The molecule has 5 nitrogen and oxygen atoms in total.